The fourth-order valence-electron chi connectivity index (χ4n) is 1.46. The van der Waals surface area contributed by atoms with Gasteiger partial charge in [0, 0.05) is 11.1 Å². The first kappa shape index (κ1) is 18.3. The number of hydrogen-bond donors (Lipinski definition) is 2. The molecule has 0 aromatic carbocycles. The van der Waals surface area contributed by atoms with E-state index in [1.807, 2.05) is 12.1 Å². The third-order valence-electron chi connectivity index (χ3n) is 2.38. The van der Waals surface area contributed by atoms with Crippen molar-refractivity contribution >= 4 is 0 Å². The second-order valence-electron chi connectivity index (χ2n) is 4.51. The Labute approximate surface area is 119 Å². The van der Waals surface area contributed by atoms with E-state index in [9.17, 15) is 0 Å². The highest BCUT2D eigenvalue weighted by Gasteiger charge is 2.46. The van der Waals surface area contributed by atoms with Crippen molar-refractivity contribution in [2.75, 3.05) is 13.2 Å². The molecule has 0 aromatic rings. The van der Waals surface area contributed by atoms with Crippen molar-refractivity contribution in [2.45, 2.75) is 38.3 Å². The van der Waals surface area contributed by atoms with E-state index in [0.29, 0.717) is 11.1 Å². The number of rotatable bonds is 0. The third kappa shape index (κ3) is 6.46. The number of aliphatic hydroxyl groups is 2. The Bertz CT molecular complexity index is 382. The van der Waals surface area contributed by atoms with Gasteiger partial charge in [0.25, 0.3) is 0 Å². The Balaban J connectivity index is 0.000000310. The normalized spacial score (nSPS) is 29.5. The summed E-state index contributed by atoms with van der Waals surface area (Å²) in [4.78, 5) is 0. The van der Waals surface area contributed by atoms with Gasteiger partial charge in [0.15, 0.2) is 0 Å². The van der Waals surface area contributed by atoms with Crippen LogP contribution in [0.4, 0.5) is 0 Å². The number of nitrogens with zero attached hydrogens (tertiary/aromatic N) is 2. The average molecular weight is 280 g/mol. The van der Waals surface area contributed by atoms with E-state index in [-0.39, 0.29) is 25.4 Å². The summed E-state index contributed by atoms with van der Waals surface area (Å²) in [5.41, 5.74) is 1.12. The van der Waals surface area contributed by atoms with Crippen LogP contribution in [0, 0.1) is 22.7 Å². The second kappa shape index (κ2) is 9.24. The molecule has 0 bridgehead atoms. The van der Waals surface area contributed by atoms with Gasteiger partial charge in [-0.15, -0.1) is 0 Å². The van der Waals surface area contributed by atoms with Gasteiger partial charge in [0.05, 0.1) is 25.4 Å². The van der Waals surface area contributed by atoms with E-state index < -0.39 is 12.2 Å². The maximum atomic E-state index is 9.16. The summed E-state index contributed by atoms with van der Waals surface area (Å²) in [6.07, 6.45) is -1.70. The van der Waals surface area contributed by atoms with Crippen LogP contribution in [0.1, 0.15) is 13.8 Å². The van der Waals surface area contributed by atoms with Gasteiger partial charge < -0.3 is 19.7 Å². The van der Waals surface area contributed by atoms with Crippen molar-refractivity contribution in [3.8, 4) is 12.1 Å². The quantitative estimate of drug-likeness (QED) is 0.632. The Kier molecular flexibility index (Phi) is 8.46. The number of allylic oxidation sites excluding steroid dienone is 2. The monoisotopic (exact) mass is 280 g/mol. The maximum absolute atomic E-state index is 9.16. The van der Waals surface area contributed by atoms with Gasteiger partial charge in [0.1, 0.15) is 24.4 Å². The Morgan fingerprint density at radius 2 is 1.20 bits per heavy atom. The highest BCUT2D eigenvalue weighted by Crippen LogP contribution is 2.26. The van der Waals surface area contributed by atoms with Crippen molar-refractivity contribution in [1.29, 1.82) is 10.5 Å². The molecule has 0 unspecified atom stereocenters. The molecule has 0 saturated carbocycles. The van der Waals surface area contributed by atoms with Gasteiger partial charge in [-0.2, -0.15) is 10.5 Å². The van der Waals surface area contributed by atoms with Crippen molar-refractivity contribution in [2.24, 2.45) is 0 Å². The minimum atomic E-state index is -0.554. The average Bonchev–Trinajstić information content (AvgIpc) is 2.96. The smallest absolute Gasteiger partial charge is 0.114 e. The highest BCUT2D eigenvalue weighted by atomic mass is 16.6. The zero-order chi connectivity index (χ0) is 15.7. The van der Waals surface area contributed by atoms with Gasteiger partial charge in [-0.1, -0.05) is 13.2 Å². The molecule has 2 heterocycles. The zero-order valence-electron chi connectivity index (χ0n) is 11.7. The van der Waals surface area contributed by atoms with Crippen molar-refractivity contribution in [3.63, 3.8) is 0 Å². The lowest BCUT2D eigenvalue weighted by atomic mass is 10.1. The summed E-state index contributed by atoms with van der Waals surface area (Å²) in [6, 6.07) is 3.67. The predicted octanol–water partition coefficient (Wildman–Crippen LogP) is 0.678. The summed E-state index contributed by atoms with van der Waals surface area (Å²) >= 11 is 0. The first-order chi connectivity index (χ1) is 9.33. The Morgan fingerprint density at radius 1 is 0.950 bits per heavy atom. The standard InChI is InChI=1S/C6H10O4.2C4H5N/c7-3-1-9-6-4(8)2-10-5(3)6;2*1-4(2)3-5/h3-8H,1-2H2;2*1H2,2H3/t3-,4+,5-,6-;;/m1../s1. The SMILES string of the molecule is C=C(C)C#N.C=C(C)C#N.O[C@@H]1CO[C@H]2[C@@H]1OC[C@@H]2O. The Hall–Kier alpha value is -1.70. The van der Waals surface area contributed by atoms with Crippen LogP contribution in [0.3, 0.4) is 0 Å². The van der Waals surface area contributed by atoms with E-state index in [1.54, 1.807) is 13.8 Å². The molecule has 0 aliphatic carbocycles. The molecular formula is C14H20N2O4. The molecule has 0 aromatic heterocycles. The van der Waals surface area contributed by atoms with E-state index in [4.69, 9.17) is 30.2 Å². The van der Waals surface area contributed by atoms with Crippen LogP contribution in [-0.4, -0.2) is 47.8 Å². The molecule has 2 rings (SSSR count). The molecular weight excluding hydrogens is 260 g/mol. The first-order valence-electron chi connectivity index (χ1n) is 6.04. The van der Waals surface area contributed by atoms with E-state index >= 15 is 0 Å². The van der Waals surface area contributed by atoms with Gasteiger partial charge in [-0.25, -0.2) is 0 Å². The molecule has 6 nitrogen and oxygen atoms in total. The van der Waals surface area contributed by atoms with Crippen LogP contribution >= 0.6 is 0 Å². The third-order valence-corrected chi connectivity index (χ3v) is 2.38. The predicted molar refractivity (Wildman–Crippen MR) is 72.3 cm³/mol. The van der Waals surface area contributed by atoms with Crippen LogP contribution in [0.5, 0.6) is 0 Å². The molecule has 4 atom stereocenters. The molecule has 6 heteroatoms. The fourth-order valence-corrected chi connectivity index (χ4v) is 1.46. The van der Waals surface area contributed by atoms with Gasteiger partial charge in [-0.05, 0) is 13.8 Å². The summed E-state index contributed by atoms with van der Waals surface area (Å²) in [5.74, 6) is 0. The second-order valence-corrected chi connectivity index (χ2v) is 4.51. The molecule has 2 aliphatic heterocycles. The van der Waals surface area contributed by atoms with Crippen LogP contribution < -0.4 is 0 Å². The number of hydrogen-bond acceptors (Lipinski definition) is 6. The summed E-state index contributed by atoms with van der Waals surface area (Å²) < 4.78 is 10.2. The zero-order valence-corrected chi connectivity index (χ0v) is 11.7. The summed E-state index contributed by atoms with van der Waals surface area (Å²) in [6.45, 7) is 10.5. The molecule has 2 fully saturated rings. The maximum Gasteiger partial charge on any atom is 0.114 e. The first-order valence-corrected chi connectivity index (χ1v) is 6.04. The Morgan fingerprint density at radius 3 is 1.40 bits per heavy atom. The van der Waals surface area contributed by atoms with Crippen molar-refractivity contribution in [3.05, 3.63) is 24.3 Å². The molecule has 0 amide bonds. The molecule has 2 N–H and O–H groups in total. The van der Waals surface area contributed by atoms with Crippen LogP contribution in [0.25, 0.3) is 0 Å². The van der Waals surface area contributed by atoms with E-state index in [2.05, 4.69) is 13.2 Å². The molecule has 2 aliphatic rings. The minimum absolute atomic E-state index is 0.284. The lowest BCUT2D eigenvalue weighted by Gasteiger charge is -2.09. The van der Waals surface area contributed by atoms with E-state index in [0.717, 1.165) is 0 Å². The van der Waals surface area contributed by atoms with Crippen molar-refractivity contribution in [1.82, 2.24) is 0 Å². The van der Waals surface area contributed by atoms with Gasteiger partial charge >= 0.3 is 0 Å². The van der Waals surface area contributed by atoms with Crippen LogP contribution in [0.2, 0.25) is 0 Å². The number of nitriles is 2. The van der Waals surface area contributed by atoms with Crippen molar-refractivity contribution < 1.29 is 19.7 Å². The van der Waals surface area contributed by atoms with Gasteiger partial charge in [-0.3, -0.25) is 0 Å². The summed E-state index contributed by atoms with van der Waals surface area (Å²) in [5, 5.41) is 33.9. The molecule has 0 spiro atoms. The topological polar surface area (TPSA) is 107 Å². The highest BCUT2D eigenvalue weighted by molar-refractivity contribution is 5.11. The largest absolute Gasteiger partial charge is 0.388 e. The molecule has 20 heavy (non-hydrogen) atoms. The van der Waals surface area contributed by atoms with Crippen LogP contribution in [-0.2, 0) is 9.47 Å². The lowest BCUT2D eigenvalue weighted by molar-refractivity contribution is 0.00205. The summed E-state index contributed by atoms with van der Waals surface area (Å²) in [7, 11) is 0. The number of ether oxygens (including phenoxy) is 2. The van der Waals surface area contributed by atoms with Gasteiger partial charge in [0.2, 0.25) is 0 Å². The molecule has 0 radical (unpaired) electrons. The minimum Gasteiger partial charge on any atom is -0.388 e. The number of aliphatic hydroxyl groups excluding tert-OH is 2. The fraction of sp³-hybridized carbons (Fsp3) is 0.571. The van der Waals surface area contributed by atoms with E-state index in [1.165, 1.54) is 0 Å². The lowest BCUT2D eigenvalue weighted by Crippen LogP contribution is -2.30. The molecule has 2 saturated heterocycles. The number of fused-ring (bicyclic) bond motifs is 1. The molecule has 110 valence electrons. The van der Waals surface area contributed by atoms with Crippen LogP contribution in [0.15, 0.2) is 24.3 Å².